The number of aromatic nitrogens is 4. The van der Waals surface area contributed by atoms with Crippen LogP contribution in [0.4, 0.5) is 11.6 Å². The van der Waals surface area contributed by atoms with Gasteiger partial charge in [0.15, 0.2) is 0 Å². The van der Waals surface area contributed by atoms with E-state index in [-0.39, 0.29) is 0 Å². The molecule has 2 heterocycles. The Bertz CT molecular complexity index is 1350. The first-order valence-electron chi connectivity index (χ1n) is 10.6. The molecule has 33 heavy (non-hydrogen) atoms. The van der Waals surface area contributed by atoms with Crippen LogP contribution in [-0.4, -0.2) is 39.9 Å². The van der Waals surface area contributed by atoms with Gasteiger partial charge in [-0.25, -0.2) is 14.8 Å². The quantitative estimate of drug-likeness (QED) is 0.465. The van der Waals surface area contributed by atoms with E-state index in [4.69, 9.17) is 19.6 Å². The molecule has 8 heteroatoms. The van der Waals surface area contributed by atoms with E-state index in [1.165, 1.54) is 7.11 Å². The Morgan fingerprint density at radius 2 is 1.91 bits per heavy atom. The Hall–Kier alpha value is -4.20. The molecule has 166 valence electrons. The fourth-order valence-electron chi connectivity index (χ4n) is 4.21. The first-order chi connectivity index (χ1) is 16.1. The number of carbonyl (C=O) groups excluding carboxylic acids is 1. The number of hydrogen-bond acceptors (Lipinski definition) is 7. The van der Waals surface area contributed by atoms with Crippen molar-refractivity contribution < 1.29 is 14.3 Å². The van der Waals surface area contributed by atoms with Gasteiger partial charge < -0.3 is 14.8 Å². The number of rotatable bonds is 5. The van der Waals surface area contributed by atoms with Gasteiger partial charge in [0.05, 0.1) is 42.6 Å². The summed E-state index contributed by atoms with van der Waals surface area (Å²) in [4.78, 5) is 21.2. The zero-order chi connectivity index (χ0) is 22.9. The summed E-state index contributed by atoms with van der Waals surface area (Å²) < 4.78 is 12.2. The Morgan fingerprint density at radius 1 is 1.09 bits per heavy atom. The SMILES string of the molecule is COC(=O)c1ccc(Nc2ncc3c(n2)-c2c(nn(C)c2-c2ccccc2)CC3)c(OC)c1. The Labute approximate surface area is 191 Å². The number of methoxy groups -OCH3 is 2. The topological polar surface area (TPSA) is 91.2 Å². The van der Waals surface area contributed by atoms with Gasteiger partial charge in [-0.15, -0.1) is 0 Å². The Kier molecular flexibility index (Phi) is 5.26. The van der Waals surface area contributed by atoms with Gasteiger partial charge in [0.2, 0.25) is 5.95 Å². The lowest BCUT2D eigenvalue weighted by Crippen LogP contribution is -2.09. The van der Waals surface area contributed by atoms with Crippen molar-refractivity contribution in [2.24, 2.45) is 7.05 Å². The third kappa shape index (κ3) is 3.69. The number of nitrogens with one attached hydrogen (secondary N) is 1. The predicted octanol–water partition coefficient (Wildman–Crippen LogP) is 4.18. The lowest BCUT2D eigenvalue weighted by molar-refractivity contribution is 0.0600. The Balaban J connectivity index is 1.56. The molecule has 8 nitrogen and oxygen atoms in total. The van der Waals surface area contributed by atoms with Gasteiger partial charge in [-0.05, 0) is 36.6 Å². The van der Waals surface area contributed by atoms with Gasteiger partial charge in [0, 0.05) is 24.4 Å². The van der Waals surface area contributed by atoms with Gasteiger partial charge in [-0.2, -0.15) is 5.10 Å². The number of anilines is 2. The monoisotopic (exact) mass is 441 g/mol. The zero-order valence-electron chi connectivity index (χ0n) is 18.6. The second kappa shape index (κ2) is 8.38. The van der Waals surface area contributed by atoms with Crippen LogP contribution in [0.2, 0.25) is 0 Å². The van der Waals surface area contributed by atoms with Crippen molar-refractivity contribution in [2.75, 3.05) is 19.5 Å². The molecule has 0 atom stereocenters. The average Bonchev–Trinajstić information content (AvgIpc) is 3.20. The van der Waals surface area contributed by atoms with Crippen LogP contribution in [0, 0.1) is 0 Å². The van der Waals surface area contributed by atoms with Crippen LogP contribution in [0.3, 0.4) is 0 Å². The molecule has 0 bridgehead atoms. The molecule has 0 saturated heterocycles. The largest absolute Gasteiger partial charge is 0.495 e. The molecule has 0 unspecified atom stereocenters. The smallest absolute Gasteiger partial charge is 0.337 e. The highest BCUT2D eigenvalue weighted by molar-refractivity contribution is 5.91. The van der Waals surface area contributed by atoms with Crippen molar-refractivity contribution in [2.45, 2.75) is 12.8 Å². The van der Waals surface area contributed by atoms with Crippen molar-refractivity contribution in [1.82, 2.24) is 19.7 Å². The molecule has 0 saturated carbocycles. The van der Waals surface area contributed by atoms with Gasteiger partial charge in [-0.1, -0.05) is 30.3 Å². The van der Waals surface area contributed by atoms with Crippen LogP contribution < -0.4 is 10.1 Å². The highest BCUT2D eigenvalue weighted by Crippen LogP contribution is 2.39. The van der Waals surface area contributed by atoms with E-state index < -0.39 is 5.97 Å². The summed E-state index contributed by atoms with van der Waals surface area (Å²) in [7, 11) is 4.86. The van der Waals surface area contributed by atoms with Crippen LogP contribution in [0.25, 0.3) is 22.5 Å². The third-order valence-electron chi connectivity index (χ3n) is 5.77. The molecule has 0 radical (unpaired) electrons. The number of carbonyl (C=O) groups is 1. The second-order valence-corrected chi connectivity index (χ2v) is 7.76. The van der Waals surface area contributed by atoms with Crippen LogP contribution in [0.5, 0.6) is 5.75 Å². The second-order valence-electron chi connectivity index (χ2n) is 7.76. The number of ether oxygens (including phenoxy) is 2. The molecule has 1 aliphatic rings. The van der Waals surface area contributed by atoms with Crippen molar-refractivity contribution in [1.29, 1.82) is 0 Å². The number of nitrogens with zero attached hydrogens (tertiary/aromatic N) is 4. The van der Waals surface area contributed by atoms with E-state index in [0.717, 1.165) is 46.6 Å². The normalized spacial score (nSPS) is 12.0. The van der Waals surface area contributed by atoms with Crippen LogP contribution in [0.1, 0.15) is 21.6 Å². The number of aryl methyl sites for hydroxylation is 3. The molecular weight excluding hydrogens is 418 g/mol. The summed E-state index contributed by atoms with van der Waals surface area (Å²) in [5.41, 5.74) is 7.23. The van der Waals surface area contributed by atoms with E-state index in [0.29, 0.717) is 22.9 Å². The van der Waals surface area contributed by atoms with Crippen molar-refractivity contribution in [3.05, 3.63) is 71.5 Å². The molecule has 1 N–H and O–H groups in total. The first-order valence-corrected chi connectivity index (χ1v) is 10.6. The van der Waals surface area contributed by atoms with Gasteiger partial charge in [0.1, 0.15) is 5.75 Å². The maximum Gasteiger partial charge on any atom is 0.337 e. The van der Waals surface area contributed by atoms with Crippen molar-refractivity contribution in [3.63, 3.8) is 0 Å². The first kappa shape index (κ1) is 20.7. The molecule has 1 aliphatic carbocycles. The number of benzene rings is 2. The zero-order valence-corrected chi connectivity index (χ0v) is 18.6. The highest BCUT2D eigenvalue weighted by Gasteiger charge is 2.27. The molecule has 0 amide bonds. The number of fused-ring (bicyclic) bond motifs is 3. The molecule has 2 aromatic heterocycles. The predicted molar refractivity (Wildman–Crippen MR) is 125 cm³/mol. The molecule has 5 rings (SSSR count). The lowest BCUT2D eigenvalue weighted by Gasteiger charge is -2.17. The third-order valence-corrected chi connectivity index (χ3v) is 5.77. The summed E-state index contributed by atoms with van der Waals surface area (Å²) in [6, 6.07) is 15.3. The molecule has 0 aliphatic heterocycles. The fourth-order valence-corrected chi connectivity index (χ4v) is 4.21. The highest BCUT2D eigenvalue weighted by atomic mass is 16.5. The van der Waals surface area contributed by atoms with E-state index in [9.17, 15) is 4.79 Å². The number of hydrogen-bond donors (Lipinski definition) is 1. The van der Waals surface area contributed by atoms with Crippen LogP contribution >= 0.6 is 0 Å². The van der Waals surface area contributed by atoms with E-state index >= 15 is 0 Å². The van der Waals surface area contributed by atoms with Gasteiger partial charge >= 0.3 is 5.97 Å². The molecule has 0 spiro atoms. The lowest BCUT2D eigenvalue weighted by atomic mass is 9.91. The molecule has 0 fully saturated rings. The molecule has 4 aromatic rings. The molecular formula is C25H23N5O3. The van der Waals surface area contributed by atoms with Crippen molar-refractivity contribution in [3.8, 4) is 28.3 Å². The van der Waals surface area contributed by atoms with E-state index in [1.54, 1.807) is 25.3 Å². The average molecular weight is 441 g/mol. The summed E-state index contributed by atoms with van der Waals surface area (Å²) in [5.74, 6) is 0.502. The maximum absolute atomic E-state index is 11.8. The van der Waals surface area contributed by atoms with Crippen LogP contribution in [0.15, 0.2) is 54.7 Å². The fraction of sp³-hybridized carbons (Fsp3) is 0.200. The summed E-state index contributed by atoms with van der Waals surface area (Å²) >= 11 is 0. The van der Waals surface area contributed by atoms with Crippen molar-refractivity contribution >= 4 is 17.6 Å². The summed E-state index contributed by atoms with van der Waals surface area (Å²) in [5, 5.41) is 8.00. The molecule has 2 aromatic carbocycles. The minimum atomic E-state index is -0.428. The summed E-state index contributed by atoms with van der Waals surface area (Å²) in [6.07, 6.45) is 3.55. The van der Waals surface area contributed by atoms with Gasteiger partial charge in [0.25, 0.3) is 0 Å². The minimum absolute atomic E-state index is 0.402. The van der Waals surface area contributed by atoms with Gasteiger partial charge in [-0.3, -0.25) is 4.68 Å². The van der Waals surface area contributed by atoms with Crippen LogP contribution in [-0.2, 0) is 24.6 Å². The number of esters is 1. The standard InChI is InChI=1S/C25H23N5O3/c1-30-23(15-7-5-4-6-8-15)21-19(29-30)12-10-17-14-26-25(28-22(17)21)27-18-11-9-16(24(31)33-3)13-20(18)32-2/h4-9,11,13-14H,10,12H2,1-3H3,(H,26,27,28). The Morgan fingerprint density at radius 3 is 2.67 bits per heavy atom. The minimum Gasteiger partial charge on any atom is -0.495 e. The summed E-state index contributed by atoms with van der Waals surface area (Å²) in [6.45, 7) is 0. The maximum atomic E-state index is 11.8. The van der Waals surface area contributed by atoms with E-state index in [1.807, 2.05) is 36.1 Å². The van der Waals surface area contributed by atoms with E-state index in [2.05, 4.69) is 22.4 Å².